The zero-order chi connectivity index (χ0) is 15.8. The maximum Gasteiger partial charge on any atom is 0.597 e. The summed E-state index contributed by atoms with van der Waals surface area (Å²) in [6.45, 7) is -0.106. The second-order valence-corrected chi connectivity index (χ2v) is 4.39. The van der Waals surface area contributed by atoms with Crippen molar-refractivity contribution in [2.45, 2.75) is 13.2 Å². The van der Waals surface area contributed by atoms with Crippen molar-refractivity contribution in [2.75, 3.05) is 0 Å². The number of nitrogens with zero attached hydrogens (tertiary/aromatic N) is 2. The van der Waals surface area contributed by atoms with Crippen LogP contribution in [0.3, 0.4) is 0 Å². The molecule has 0 aromatic heterocycles. The van der Waals surface area contributed by atoms with Crippen LogP contribution >= 0.6 is 0 Å². The van der Waals surface area contributed by atoms with Gasteiger partial charge in [0.1, 0.15) is 13.2 Å². The van der Waals surface area contributed by atoms with E-state index in [1.54, 1.807) is 48.5 Å². The minimum absolute atomic E-state index is 0.0529. The van der Waals surface area contributed by atoms with Gasteiger partial charge in [-0.05, 0) is 11.1 Å². The van der Waals surface area contributed by atoms with E-state index in [1.807, 2.05) is 12.1 Å². The van der Waals surface area contributed by atoms with Gasteiger partial charge in [-0.3, -0.25) is 0 Å². The summed E-state index contributed by atoms with van der Waals surface area (Å²) in [6, 6.07) is 17.8. The molecule has 0 radical (unpaired) electrons. The third kappa shape index (κ3) is 4.52. The Morgan fingerprint density at radius 1 is 0.773 bits per heavy atom. The van der Waals surface area contributed by atoms with Crippen molar-refractivity contribution in [3.05, 3.63) is 77.3 Å². The van der Waals surface area contributed by atoms with Crippen molar-refractivity contribution in [1.29, 1.82) is 0 Å². The van der Waals surface area contributed by atoms with Crippen LogP contribution in [0.2, 0.25) is 0 Å². The number of carbonyl (C=O) groups excluding carboxylic acids is 2. The fourth-order valence-electron chi connectivity index (χ4n) is 1.64. The summed E-state index contributed by atoms with van der Waals surface area (Å²) in [5, 5.41) is 0. The second-order valence-electron chi connectivity index (χ2n) is 4.39. The third-order valence-corrected chi connectivity index (χ3v) is 2.76. The Morgan fingerprint density at radius 3 is 1.50 bits per heavy atom. The smallest absolute Gasteiger partial charge is 0.481 e. The molecule has 2 amide bonds. The molecule has 2 aromatic rings. The molecule has 2 aromatic carbocycles. The van der Waals surface area contributed by atoms with E-state index in [0.717, 1.165) is 11.1 Å². The maximum absolute atomic E-state index is 11.5. The lowest BCUT2D eigenvalue weighted by atomic mass is 10.2. The van der Waals surface area contributed by atoms with Gasteiger partial charge >= 0.3 is 12.2 Å². The Morgan fingerprint density at radius 2 is 1.14 bits per heavy atom. The van der Waals surface area contributed by atoms with Crippen LogP contribution < -0.4 is 0 Å². The number of ether oxygens (including phenoxy) is 2. The van der Waals surface area contributed by atoms with Gasteiger partial charge in [0, 0.05) is 0 Å². The second kappa shape index (κ2) is 7.68. The van der Waals surface area contributed by atoms with Gasteiger partial charge in [0.25, 0.3) is 0 Å². The molecule has 6 heteroatoms. The van der Waals surface area contributed by atoms with E-state index in [1.165, 1.54) is 0 Å². The summed E-state index contributed by atoms with van der Waals surface area (Å²) < 4.78 is 9.41. The molecule has 0 fully saturated rings. The highest BCUT2D eigenvalue weighted by Gasteiger charge is 2.25. The van der Waals surface area contributed by atoms with E-state index in [-0.39, 0.29) is 17.9 Å². The van der Waals surface area contributed by atoms with E-state index < -0.39 is 12.2 Å². The first-order valence-electron chi connectivity index (χ1n) is 6.57. The van der Waals surface area contributed by atoms with Crippen molar-refractivity contribution in [1.82, 2.24) is 0 Å². The van der Waals surface area contributed by atoms with Gasteiger partial charge in [0.15, 0.2) is 0 Å². The minimum atomic E-state index is -1.19. The molecule has 6 nitrogen and oxygen atoms in total. The molecule has 0 unspecified atom stereocenters. The number of imide groups is 1. The molecule has 0 heterocycles. The Kier molecular flexibility index (Phi) is 5.37. The summed E-state index contributed by atoms with van der Waals surface area (Å²) in [5.74, 6) is 0. The van der Waals surface area contributed by atoms with E-state index in [4.69, 9.17) is 9.47 Å². The lowest BCUT2D eigenvalue weighted by molar-refractivity contribution is -0.392. The van der Waals surface area contributed by atoms with Gasteiger partial charge < -0.3 is 15.0 Å². The van der Waals surface area contributed by atoms with Crippen LogP contribution in [0.5, 0.6) is 0 Å². The lowest BCUT2D eigenvalue weighted by Crippen LogP contribution is -2.26. The highest BCUT2D eigenvalue weighted by molar-refractivity contribution is 5.72. The maximum atomic E-state index is 11.5. The van der Waals surface area contributed by atoms with Crippen LogP contribution in [0.25, 0.3) is 5.53 Å². The fourth-order valence-corrected chi connectivity index (χ4v) is 1.64. The molecular formula is C16H14N2O4. The van der Waals surface area contributed by atoms with Crippen LogP contribution in [0, 0.1) is 0 Å². The minimum Gasteiger partial charge on any atom is -0.481 e. The summed E-state index contributed by atoms with van der Waals surface area (Å²) in [5.41, 5.74) is 10.9. The Labute approximate surface area is 127 Å². The average Bonchev–Trinajstić information content (AvgIpc) is 2.58. The molecule has 0 aliphatic carbocycles. The van der Waals surface area contributed by atoms with Crippen LogP contribution in [0.1, 0.15) is 11.1 Å². The molecule has 112 valence electrons. The third-order valence-electron chi connectivity index (χ3n) is 2.76. The summed E-state index contributed by atoms with van der Waals surface area (Å²) >= 11 is 0. The van der Waals surface area contributed by atoms with Crippen molar-refractivity contribution in [2.24, 2.45) is 0 Å². The Balaban J connectivity index is 1.80. The number of carbonyl (C=O) groups is 2. The van der Waals surface area contributed by atoms with Crippen LogP contribution in [-0.4, -0.2) is 16.9 Å². The predicted octanol–water partition coefficient (Wildman–Crippen LogP) is 3.69. The van der Waals surface area contributed by atoms with Crippen molar-refractivity contribution in [3.63, 3.8) is 0 Å². The lowest BCUT2D eigenvalue weighted by Gasteiger charge is -2.05. The zero-order valence-corrected chi connectivity index (χ0v) is 11.7. The zero-order valence-electron chi connectivity index (χ0n) is 11.7. The topological polar surface area (TPSA) is 77.9 Å². The number of amides is 2. The average molecular weight is 298 g/mol. The molecular weight excluding hydrogens is 284 g/mol. The Hall–Kier alpha value is -3.02. The quantitative estimate of drug-likeness (QED) is 0.637. The van der Waals surface area contributed by atoms with Crippen LogP contribution in [0.15, 0.2) is 60.7 Å². The molecule has 0 bridgehead atoms. The van der Waals surface area contributed by atoms with Gasteiger partial charge in [0.2, 0.25) is 0 Å². The molecule has 0 N–H and O–H groups in total. The number of hydrogen-bond donors (Lipinski definition) is 0. The first-order valence-corrected chi connectivity index (χ1v) is 6.57. The van der Waals surface area contributed by atoms with Gasteiger partial charge in [-0.2, -0.15) is 9.59 Å². The van der Waals surface area contributed by atoms with E-state index in [9.17, 15) is 15.1 Å². The first-order chi connectivity index (χ1) is 10.7. The molecule has 0 atom stereocenters. The molecule has 0 saturated carbocycles. The van der Waals surface area contributed by atoms with Gasteiger partial charge in [-0.15, -0.1) is 4.70 Å². The van der Waals surface area contributed by atoms with E-state index in [2.05, 4.69) is 0 Å². The summed E-state index contributed by atoms with van der Waals surface area (Å²) in [6.07, 6.45) is -2.39. The number of benzene rings is 2. The molecule has 2 rings (SSSR count). The number of hydrogen-bond acceptors (Lipinski definition) is 4. The van der Waals surface area contributed by atoms with E-state index in [0.29, 0.717) is 0 Å². The van der Waals surface area contributed by atoms with E-state index >= 15 is 0 Å². The van der Waals surface area contributed by atoms with Crippen LogP contribution in [-0.2, 0) is 22.7 Å². The standard InChI is InChI=1S/C16H14N2O4/c17-18(15(19)21-11-13-7-3-1-4-8-13)16(20)22-12-14-9-5-2-6-10-14/h1-10H,11-12H2. The van der Waals surface area contributed by atoms with Gasteiger partial charge in [0.05, 0.1) is 0 Å². The molecule has 0 aliphatic rings. The molecule has 0 saturated heterocycles. The number of rotatable bonds is 4. The van der Waals surface area contributed by atoms with Gasteiger partial charge in [-0.1, -0.05) is 60.7 Å². The highest BCUT2D eigenvalue weighted by atomic mass is 16.6. The summed E-state index contributed by atoms with van der Waals surface area (Å²) in [7, 11) is 0. The van der Waals surface area contributed by atoms with Crippen molar-refractivity contribution < 1.29 is 23.8 Å². The van der Waals surface area contributed by atoms with Crippen molar-refractivity contribution >= 4 is 12.2 Å². The molecule has 0 aliphatic heterocycles. The predicted molar refractivity (Wildman–Crippen MR) is 76.9 cm³/mol. The first kappa shape index (κ1) is 15.4. The fraction of sp³-hybridized carbons (Fsp3) is 0.125. The molecule has 22 heavy (non-hydrogen) atoms. The van der Waals surface area contributed by atoms with Crippen LogP contribution in [0.4, 0.5) is 9.59 Å². The largest absolute Gasteiger partial charge is 0.597 e. The SMILES string of the molecule is [N-]=[N+](C(=O)OCc1ccccc1)C(=O)OCc1ccccc1. The highest BCUT2D eigenvalue weighted by Crippen LogP contribution is 2.04. The monoisotopic (exact) mass is 298 g/mol. The Bertz CT molecular complexity index is 599. The van der Waals surface area contributed by atoms with Gasteiger partial charge in [-0.25, -0.2) is 0 Å². The summed E-state index contributed by atoms with van der Waals surface area (Å²) in [4.78, 5) is 23.0. The normalized spacial score (nSPS) is 9.82. The van der Waals surface area contributed by atoms with Crippen molar-refractivity contribution in [3.8, 4) is 0 Å². The molecule has 0 spiro atoms.